The molecular weight excluding hydrogens is 336 g/mol. The van der Waals surface area contributed by atoms with E-state index in [-0.39, 0.29) is 5.56 Å². The summed E-state index contributed by atoms with van der Waals surface area (Å²) in [5, 5.41) is 6.61. The van der Waals surface area contributed by atoms with E-state index in [1.54, 1.807) is 0 Å². The number of carbonyl (C=O) groups is 1. The van der Waals surface area contributed by atoms with Crippen LogP contribution in [0.15, 0.2) is 24.4 Å². The first-order chi connectivity index (χ1) is 12.4. The fraction of sp³-hybridized carbons (Fsp3) is 0.500. The van der Waals surface area contributed by atoms with Crippen LogP contribution >= 0.6 is 0 Å². The van der Waals surface area contributed by atoms with Crippen LogP contribution in [-0.4, -0.2) is 15.7 Å². The summed E-state index contributed by atoms with van der Waals surface area (Å²) in [5.41, 5.74) is 2.74. The van der Waals surface area contributed by atoms with E-state index in [0.29, 0.717) is 23.7 Å². The molecule has 1 aromatic heterocycles. The van der Waals surface area contributed by atoms with Gasteiger partial charge in [0.15, 0.2) is 0 Å². The Morgan fingerprint density at radius 1 is 1.27 bits per heavy atom. The highest BCUT2D eigenvalue weighted by Gasteiger charge is 2.48. The molecule has 1 N–H and O–H groups in total. The molecule has 0 unspecified atom stereocenters. The van der Waals surface area contributed by atoms with E-state index in [4.69, 9.17) is 0 Å². The fourth-order valence-electron chi connectivity index (χ4n) is 5.11. The number of alkyl halides is 2. The molecule has 1 heterocycles. The monoisotopic (exact) mass is 359 g/mol. The minimum atomic E-state index is -2.78. The number of halogens is 2. The second kappa shape index (κ2) is 6.18. The Hall–Kier alpha value is -2.24. The van der Waals surface area contributed by atoms with Crippen LogP contribution in [0.5, 0.6) is 0 Å². The van der Waals surface area contributed by atoms with Crippen molar-refractivity contribution in [2.75, 3.05) is 5.32 Å². The number of hydrogen-bond acceptors (Lipinski definition) is 2. The van der Waals surface area contributed by atoms with Gasteiger partial charge in [0.25, 0.3) is 12.3 Å². The van der Waals surface area contributed by atoms with Gasteiger partial charge in [-0.2, -0.15) is 5.10 Å². The molecule has 0 saturated heterocycles. The zero-order valence-electron chi connectivity index (χ0n) is 15.2. The van der Waals surface area contributed by atoms with Gasteiger partial charge < -0.3 is 5.32 Å². The molecule has 2 aliphatic carbocycles. The first-order valence-electron chi connectivity index (χ1n) is 9.14. The molecule has 3 atom stereocenters. The molecule has 0 aliphatic heterocycles. The maximum Gasteiger partial charge on any atom is 0.282 e. The van der Waals surface area contributed by atoms with Crippen molar-refractivity contribution in [1.82, 2.24) is 9.78 Å². The van der Waals surface area contributed by atoms with Crippen LogP contribution in [0.3, 0.4) is 0 Å². The number of nitrogens with zero attached hydrogens (tertiary/aromatic N) is 2. The minimum Gasteiger partial charge on any atom is -0.322 e. The number of anilines is 1. The van der Waals surface area contributed by atoms with Gasteiger partial charge in [-0.25, -0.2) is 8.78 Å². The number of benzene rings is 1. The van der Waals surface area contributed by atoms with Gasteiger partial charge in [0.1, 0.15) is 5.69 Å². The fourth-order valence-corrected chi connectivity index (χ4v) is 5.11. The number of fused-ring (bicyclic) bond motifs is 5. The van der Waals surface area contributed by atoms with Crippen LogP contribution in [0.1, 0.15) is 72.1 Å². The van der Waals surface area contributed by atoms with Crippen molar-refractivity contribution in [3.8, 4) is 0 Å². The van der Waals surface area contributed by atoms with Crippen molar-refractivity contribution in [2.45, 2.75) is 45.0 Å². The van der Waals surface area contributed by atoms with Gasteiger partial charge in [0.2, 0.25) is 0 Å². The van der Waals surface area contributed by atoms with E-state index < -0.39 is 18.0 Å². The van der Waals surface area contributed by atoms with Gasteiger partial charge in [0, 0.05) is 18.9 Å². The van der Waals surface area contributed by atoms with E-state index in [0.717, 1.165) is 12.1 Å². The molecule has 2 bridgehead atoms. The Kier molecular flexibility index (Phi) is 4.09. The number of amides is 1. The van der Waals surface area contributed by atoms with E-state index in [2.05, 4.69) is 30.3 Å². The predicted molar refractivity (Wildman–Crippen MR) is 95.6 cm³/mol. The van der Waals surface area contributed by atoms with Crippen molar-refractivity contribution in [1.29, 1.82) is 0 Å². The maximum atomic E-state index is 13.2. The summed E-state index contributed by atoms with van der Waals surface area (Å²) >= 11 is 0. The molecule has 6 heteroatoms. The molecule has 4 rings (SSSR count). The quantitative estimate of drug-likeness (QED) is 0.848. The van der Waals surface area contributed by atoms with Crippen molar-refractivity contribution >= 4 is 11.6 Å². The Bertz CT molecular complexity index is 859. The lowest BCUT2D eigenvalue weighted by Crippen LogP contribution is -2.16. The highest BCUT2D eigenvalue weighted by atomic mass is 19.3. The largest absolute Gasteiger partial charge is 0.322 e. The molecule has 2 aliphatic rings. The first-order valence-corrected chi connectivity index (χ1v) is 9.14. The van der Waals surface area contributed by atoms with Crippen molar-refractivity contribution in [2.24, 2.45) is 18.9 Å². The average Bonchev–Trinajstić information content (AvgIpc) is 3.26. The summed E-state index contributed by atoms with van der Waals surface area (Å²) in [4.78, 5) is 12.7. The second-order valence-electron chi connectivity index (χ2n) is 7.78. The molecular formula is C20H23F2N3O. The highest BCUT2D eigenvalue weighted by molar-refractivity contribution is 6.05. The summed E-state index contributed by atoms with van der Waals surface area (Å²) in [6.45, 7) is 4.51. The van der Waals surface area contributed by atoms with Crippen LogP contribution in [0.2, 0.25) is 0 Å². The van der Waals surface area contributed by atoms with Crippen molar-refractivity contribution < 1.29 is 13.6 Å². The third-order valence-electron chi connectivity index (χ3n) is 5.95. The number of rotatable bonds is 4. The van der Waals surface area contributed by atoms with Crippen molar-refractivity contribution in [3.05, 3.63) is 46.8 Å². The number of aromatic nitrogens is 2. The van der Waals surface area contributed by atoms with Crippen LogP contribution in [-0.2, 0) is 7.05 Å². The first kappa shape index (κ1) is 17.2. The maximum absolute atomic E-state index is 13.2. The molecule has 0 radical (unpaired) electrons. The van der Waals surface area contributed by atoms with Gasteiger partial charge in [-0.1, -0.05) is 26.0 Å². The summed E-state index contributed by atoms with van der Waals surface area (Å²) < 4.78 is 27.6. The van der Waals surface area contributed by atoms with Crippen LogP contribution in [0.25, 0.3) is 0 Å². The molecule has 1 fully saturated rings. The minimum absolute atomic E-state index is 0.0660. The summed E-state index contributed by atoms with van der Waals surface area (Å²) in [6.07, 6.45) is 0.890. The SMILES string of the molecule is CC(C)[C@@H]1[C@@H]2CC[C@H]1c1cccc(NC(=O)c3cn(C)nc3C(F)F)c12. The Morgan fingerprint density at radius 3 is 2.69 bits per heavy atom. The number of carbonyl (C=O) groups excluding carboxylic acids is 1. The van der Waals surface area contributed by atoms with Gasteiger partial charge in [-0.15, -0.1) is 0 Å². The van der Waals surface area contributed by atoms with Crippen molar-refractivity contribution in [3.63, 3.8) is 0 Å². The Balaban J connectivity index is 1.67. The smallest absolute Gasteiger partial charge is 0.282 e. The second-order valence-corrected chi connectivity index (χ2v) is 7.78. The third-order valence-corrected chi connectivity index (χ3v) is 5.95. The van der Waals surface area contributed by atoms with Crippen LogP contribution in [0.4, 0.5) is 14.5 Å². The molecule has 2 aromatic rings. The van der Waals surface area contributed by atoms with Gasteiger partial charge in [0.05, 0.1) is 5.56 Å². The number of nitrogens with one attached hydrogen (secondary N) is 1. The molecule has 4 nitrogen and oxygen atoms in total. The average molecular weight is 359 g/mol. The van der Waals surface area contributed by atoms with E-state index >= 15 is 0 Å². The highest BCUT2D eigenvalue weighted by Crippen LogP contribution is 2.61. The van der Waals surface area contributed by atoms with Gasteiger partial charge >= 0.3 is 0 Å². The third kappa shape index (κ3) is 2.54. The molecule has 138 valence electrons. The standard InChI is InChI=1S/C20H23F2N3O/c1-10(2)16-12-7-8-13(16)17-11(12)5-4-6-15(17)23-20(26)14-9-25(3)24-18(14)19(21)22/h4-6,9-10,12-13,16,19H,7-8H2,1-3H3,(H,23,26)/t12-,13-,16-/m0/s1. The zero-order valence-corrected chi connectivity index (χ0v) is 15.2. The normalized spacial score (nSPS) is 23.7. The molecule has 1 amide bonds. The van der Waals surface area contributed by atoms with Gasteiger partial charge in [-0.3, -0.25) is 9.48 Å². The lowest BCUT2D eigenvalue weighted by atomic mass is 9.85. The van der Waals surface area contributed by atoms with E-state index in [9.17, 15) is 13.6 Å². The lowest BCUT2D eigenvalue weighted by Gasteiger charge is -2.21. The number of aryl methyl sites for hydroxylation is 1. The molecule has 1 saturated carbocycles. The topological polar surface area (TPSA) is 46.9 Å². The lowest BCUT2D eigenvalue weighted by molar-refractivity contribution is 0.101. The summed E-state index contributed by atoms with van der Waals surface area (Å²) in [6, 6.07) is 5.98. The zero-order chi connectivity index (χ0) is 18.6. The Morgan fingerprint density at radius 2 is 2.00 bits per heavy atom. The molecule has 26 heavy (non-hydrogen) atoms. The molecule has 1 aromatic carbocycles. The molecule has 0 spiro atoms. The van der Waals surface area contributed by atoms with Gasteiger partial charge in [-0.05, 0) is 53.7 Å². The van der Waals surface area contributed by atoms with E-state index in [1.807, 2.05) is 12.1 Å². The summed E-state index contributed by atoms with van der Waals surface area (Å²) in [5.74, 6) is 1.63. The predicted octanol–water partition coefficient (Wildman–Crippen LogP) is 4.86. The Labute approximate surface area is 151 Å². The number of hydrogen-bond donors (Lipinski definition) is 1. The van der Waals surface area contributed by atoms with Crippen LogP contribution in [0, 0.1) is 11.8 Å². The van der Waals surface area contributed by atoms with E-state index in [1.165, 1.54) is 35.5 Å². The van der Waals surface area contributed by atoms with Crippen LogP contribution < -0.4 is 5.32 Å². The summed E-state index contributed by atoms with van der Waals surface area (Å²) in [7, 11) is 1.54.